The van der Waals surface area contributed by atoms with Gasteiger partial charge < -0.3 is 0 Å². The highest BCUT2D eigenvalue weighted by molar-refractivity contribution is 5.82. The fraction of sp³-hybridized carbons (Fsp3) is 0.667. The molecular formula is C6H9NO2. The summed E-state index contributed by atoms with van der Waals surface area (Å²) in [4.78, 5) is 23.4. The van der Waals surface area contributed by atoms with Crippen LogP contribution in [0.15, 0.2) is 4.99 Å². The second-order valence-corrected chi connectivity index (χ2v) is 1.76. The summed E-state index contributed by atoms with van der Waals surface area (Å²) < 4.78 is 0. The lowest BCUT2D eigenvalue weighted by molar-refractivity contribution is -0.118. The maximum atomic E-state index is 10.5. The molecule has 0 fully saturated rings. The quantitative estimate of drug-likeness (QED) is 0.413. The van der Waals surface area contributed by atoms with E-state index in [0.29, 0.717) is 6.42 Å². The fourth-order valence-corrected chi connectivity index (χ4v) is 0.533. The first-order valence-electron chi connectivity index (χ1n) is 2.79. The molecule has 1 atom stereocenters. The second-order valence-electron chi connectivity index (χ2n) is 1.76. The van der Waals surface area contributed by atoms with Crippen LogP contribution in [0.2, 0.25) is 0 Å². The van der Waals surface area contributed by atoms with Crippen molar-refractivity contribution in [2.45, 2.75) is 26.3 Å². The lowest BCUT2D eigenvalue weighted by Crippen LogP contribution is -2.12. The average Bonchev–Trinajstić information content (AvgIpc) is 1.82. The molecule has 0 aromatic rings. The van der Waals surface area contributed by atoms with Gasteiger partial charge in [0.2, 0.25) is 6.08 Å². The monoisotopic (exact) mass is 127 g/mol. The predicted molar refractivity (Wildman–Crippen MR) is 32.9 cm³/mol. The standard InChI is InChI=1S/C6H9NO2/c1-3-6(5(2)9)7-4-8/h6H,3H2,1-2H3. The lowest BCUT2D eigenvalue weighted by atomic mass is 10.2. The van der Waals surface area contributed by atoms with Gasteiger partial charge in [0, 0.05) is 0 Å². The molecule has 0 amide bonds. The van der Waals surface area contributed by atoms with E-state index in [0.717, 1.165) is 0 Å². The minimum atomic E-state index is -0.470. The van der Waals surface area contributed by atoms with Crippen LogP contribution in [0.5, 0.6) is 0 Å². The van der Waals surface area contributed by atoms with Crippen molar-refractivity contribution in [3.05, 3.63) is 0 Å². The van der Waals surface area contributed by atoms with Crippen LogP contribution in [0.1, 0.15) is 20.3 Å². The minimum absolute atomic E-state index is 0.0825. The van der Waals surface area contributed by atoms with E-state index in [1.54, 1.807) is 6.92 Å². The summed E-state index contributed by atoms with van der Waals surface area (Å²) in [6, 6.07) is -0.470. The van der Waals surface area contributed by atoms with E-state index < -0.39 is 6.04 Å². The summed E-state index contributed by atoms with van der Waals surface area (Å²) in [7, 11) is 0. The van der Waals surface area contributed by atoms with Crippen LogP contribution >= 0.6 is 0 Å². The molecule has 0 saturated heterocycles. The number of nitrogens with zero attached hydrogens (tertiary/aromatic N) is 1. The Hall–Kier alpha value is -0.950. The molecule has 0 N–H and O–H groups in total. The molecule has 0 rings (SSSR count). The first-order valence-corrected chi connectivity index (χ1v) is 2.79. The number of rotatable bonds is 3. The van der Waals surface area contributed by atoms with Gasteiger partial charge in [0.25, 0.3) is 0 Å². The molecule has 50 valence electrons. The van der Waals surface area contributed by atoms with Crippen LogP contribution in [0.3, 0.4) is 0 Å². The summed E-state index contributed by atoms with van der Waals surface area (Å²) in [6.07, 6.45) is 1.93. The second kappa shape index (κ2) is 3.98. The summed E-state index contributed by atoms with van der Waals surface area (Å²) >= 11 is 0. The van der Waals surface area contributed by atoms with Crippen molar-refractivity contribution in [2.75, 3.05) is 0 Å². The number of ketones is 1. The number of Topliss-reactive ketones (excluding diaryl/α,β-unsaturated/α-hetero) is 1. The van der Waals surface area contributed by atoms with Crippen molar-refractivity contribution in [2.24, 2.45) is 4.99 Å². The van der Waals surface area contributed by atoms with E-state index in [2.05, 4.69) is 4.99 Å². The molecule has 0 heterocycles. The Balaban J connectivity index is 3.98. The van der Waals surface area contributed by atoms with Crippen molar-refractivity contribution >= 4 is 11.9 Å². The molecule has 0 aromatic heterocycles. The van der Waals surface area contributed by atoms with Gasteiger partial charge in [-0.15, -0.1) is 0 Å². The molecule has 0 spiro atoms. The molecule has 0 aliphatic rings. The van der Waals surface area contributed by atoms with Gasteiger partial charge in [-0.3, -0.25) is 4.79 Å². The van der Waals surface area contributed by atoms with E-state index in [1.807, 2.05) is 0 Å². The van der Waals surface area contributed by atoms with Crippen LogP contribution in [-0.2, 0) is 9.59 Å². The number of hydrogen-bond donors (Lipinski definition) is 0. The maximum absolute atomic E-state index is 10.5. The van der Waals surface area contributed by atoms with Crippen molar-refractivity contribution in [1.82, 2.24) is 0 Å². The molecule has 0 bridgehead atoms. The predicted octanol–water partition coefficient (Wildman–Crippen LogP) is 0.690. The van der Waals surface area contributed by atoms with Crippen LogP contribution < -0.4 is 0 Å². The van der Waals surface area contributed by atoms with Crippen molar-refractivity contribution in [1.29, 1.82) is 0 Å². The molecule has 0 aromatic carbocycles. The molecule has 1 unspecified atom stereocenters. The maximum Gasteiger partial charge on any atom is 0.235 e. The summed E-state index contributed by atoms with van der Waals surface area (Å²) in [6.45, 7) is 3.21. The Morgan fingerprint density at radius 1 is 1.78 bits per heavy atom. The zero-order chi connectivity index (χ0) is 7.28. The number of aliphatic imine (C=N–C) groups is 1. The van der Waals surface area contributed by atoms with E-state index in [1.165, 1.54) is 13.0 Å². The normalized spacial score (nSPS) is 11.8. The highest BCUT2D eigenvalue weighted by atomic mass is 16.1. The van der Waals surface area contributed by atoms with Crippen molar-refractivity contribution < 1.29 is 9.59 Å². The third-order valence-corrected chi connectivity index (χ3v) is 1.06. The number of carbonyl (C=O) groups is 1. The molecule has 3 nitrogen and oxygen atoms in total. The highest BCUT2D eigenvalue weighted by Gasteiger charge is 2.07. The zero-order valence-electron chi connectivity index (χ0n) is 5.55. The van der Waals surface area contributed by atoms with Gasteiger partial charge in [-0.2, -0.15) is 4.99 Å². The summed E-state index contributed by atoms with van der Waals surface area (Å²) in [5.74, 6) is -0.0825. The number of isocyanates is 1. The smallest absolute Gasteiger partial charge is 0.235 e. The van der Waals surface area contributed by atoms with Crippen LogP contribution in [0.25, 0.3) is 0 Å². The molecular weight excluding hydrogens is 118 g/mol. The molecule has 3 heteroatoms. The molecule has 0 aliphatic heterocycles. The fourth-order valence-electron chi connectivity index (χ4n) is 0.533. The van der Waals surface area contributed by atoms with E-state index >= 15 is 0 Å². The molecule has 0 saturated carbocycles. The topological polar surface area (TPSA) is 46.5 Å². The number of hydrogen-bond acceptors (Lipinski definition) is 3. The SMILES string of the molecule is CCC(N=C=O)C(C)=O. The van der Waals surface area contributed by atoms with Gasteiger partial charge in [0.15, 0.2) is 5.78 Å². The number of carbonyl (C=O) groups excluding carboxylic acids is 2. The minimum Gasteiger partial charge on any atom is -0.298 e. The largest absolute Gasteiger partial charge is 0.298 e. The Kier molecular flexibility index (Phi) is 3.56. The van der Waals surface area contributed by atoms with Gasteiger partial charge in [-0.1, -0.05) is 6.92 Å². The Bertz CT molecular complexity index is 145. The van der Waals surface area contributed by atoms with Gasteiger partial charge in [-0.25, -0.2) is 4.79 Å². The van der Waals surface area contributed by atoms with E-state index in [9.17, 15) is 9.59 Å². The first-order chi connectivity index (χ1) is 4.22. The van der Waals surface area contributed by atoms with Gasteiger partial charge in [0.1, 0.15) is 6.04 Å². The average molecular weight is 127 g/mol. The van der Waals surface area contributed by atoms with Crippen LogP contribution in [0, 0.1) is 0 Å². The molecule has 9 heavy (non-hydrogen) atoms. The highest BCUT2D eigenvalue weighted by Crippen LogP contribution is 1.95. The van der Waals surface area contributed by atoms with E-state index in [4.69, 9.17) is 0 Å². The van der Waals surface area contributed by atoms with Gasteiger partial charge >= 0.3 is 0 Å². The molecule has 0 radical (unpaired) electrons. The Morgan fingerprint density at radius 2 is 2.33 bits per heavy atom. The van der Waals surface area contributed by atoms with Crippen LogP contribution in [0.4, 0.5) is 0 Å². The van der Waals surface area contributed by atoms with Crippen LogP contribution in [-0.4, -0.2) is 17.9 Å². The lowest BCUT2D eigenvalue weighted by Gasteiger charge is -1.98. The molecule has 0 aliphatic carbocycles. The van der Waals surface area contributed by atoms with Crippen molar-refractivity contribution in [3.8, 4) is 0 Å². The van der Waals surface area contributed by atoms with Gasteiger partial charge in [0.05, 0.1) is 0 Å². The zero-order valence-corrected chi connectivity index (χ0v) is 5.55. The summed E-state index contributed by atoms with van der Waals surface area (Å²) in [5.41, 5.74) is 0. The van der Waals surface area contributed by atoms with E-state index in [-0.39, 0.29) is 5.78 Å². The van der Waals surface area contributed by atoms with Crippen molar-refractivity contribution in [3.63, 3.8) is 0 Å². The first kappa shape index (κ1) is 8.05. The third-order valence-electron chi connectivity index (χ3n) is 1.06. The Labute approximate surface area is 53.8 Å². The summed E-state index contributed by atoms with van der Waals surface area (Å²) in [5, 5.41) is 0. The Morgan fingerprint density at radius 3 is 2.44 bits per heavy atom. The van der Waals surface area contributed by atoms with Gasteiger partial charge in [-0.05, 0) is 13.3 Å². The third kappa shape index (κ3) is 2.77.